The predicted octanol–water partition coefficient (Wildman–Crippen LogP) is 1.11. The summed E-state index contributed by atoms with van der Waals surface area (Å²) in [4.78, 5) is 19.9. The van der Waals surface area contributed by atoms with Crippen molar-refractivity contribution < 1.29 is 66.7 Å². The van der Waals surface area contributed by atoms with E-state index in [1.165, 1.54) is 0 Å². The summed E-state index contributed by atoms with van der Waals surface area (Å²) in [5, 5.41) is 0. The van der Waals surface area contributed by atoms with Gasteiger partial charge in [-0.15, -0.1) is 0 Å². The molecule has 15 heavy (non-hydrogen) atoms. The van der Waals surface area contributed by atoms with E-state index < -0.39 is 49.8 Å². The summed E-state index contributed by atoms with van der Waals surface area (Å²) in [6.45, 7) is 0. The van der Waals surface area contributed by atoms with E-state index in [1.54, 1.807) is 0 Å². The molecule has 0 saturated heterocycles. The second-order valence-corrected chi connectivity index (χ2v) is 5.14. The van der Waals surface area contributed by atoms with Crippen LogP contribution in [0.15, 0.2) is 0 Å². The van der Waals surface area contributed by atoms with Gasteiger partial charge in [-0.2, -0.15) is 0 Å². The Morgan fingerprint density at radius 2 is 1.07 bits per heavy atom. The van der Waals surface area contributed by atoms with Crippen molar-refractivity contribution in [3.8, 4) is 0 Å². The van der Waals surface area contributed by atoms with Gasteiger partial charge in [-0.25, -0.2) is 0 Å². The fraction of sp³-hybridized carbons (Fsp3) is 0.500. The van der Waals surface area contributed by atoms with Crippen LogP contribution in [0.2, 0.25) is 0 Å². The Bertz CT molecular complexity index is 231. The van der Waals surface area contributed by atoms with Crippen molar-refractivity contribution in [2.75, 3.05) is 0 Å². The Labute approximate surface area is 91.3 Å². The molecule has 0 rings (SSSR count). The third-order valence-electron chi connectivity index (χ3n) is 0.843. The van der Waals surface area contributed by atoms with Crippen molar-refractivity contribution >= 4 is 11.9 Å². The number of rotatable bonds is 2. The molecule has 0 aliphatic carbocycles. The minimum atomic E-state index is -5.30. The maximum atomic E-state index is 11.4. The van der Waals surface area contributed by atoms with Gasteiger partial charge in [0.1, 0.15) is 0 Å². The molecule has 0 aromatic heterocycles. The van der Waals surface area contributed by atoms with Crippen molar-refractivity contribution in [1.29, 1.82) is 0 Å². The molecule has 84 valence electrons. The maximum absolute atomic E-state index is 11.4. The number of hydrogen-bond acceptors (Lipinski definition) is 4. The van der Waals surface area contributed by atoms with Gasteiger partial charge < -0.3 is 0 Å². The number of carbonyl (C=O) groups excluding carboxylic acids is 2. The molecule has 0 aromatic carbocycles. The van der Waals surface area contributed by atoms with Crippen LogP contribution in [0.1, 0.15) is 0 Å². The quantitative estimate of drug-likeness (QED) is 0.490. The Morgan fingerprint density at radius 3 is 1.27 bits per heavy atom. The van der Waals surface area contributed by atoms with Gasteiger partial charge in [0.2, 0.25) is 0 Å². The summed E-state index contributed by atoms with van der Waals surface area (Å²) in [5.74, 6) is -5.31. The van der Waals surface area contributed by atoms with Crippen LogP contribution in [0.5, 0.6) is 0 Å². The molecule has 0 radical (unpaired) electrons. The second-order valence-electron chi connectivity index (χ2n) is 1.98. The summed E-state index contributed by atoms with van der Waals surface area (Å²) in [6, 6.07) is 0. The van der Waals surface area contributed by atoms with Crippen LogP contribution in [0.3, 0.4) is 0 Å². The molecule has 0 fully saturated rings. The average Bonchev–Trinajstić information content (AvgIpc) is 2.00. The first-order chi connectivity index (χ1) is 6.55. The van der Waals surface area contributed by atoms with Gasteiger partial charge in [-0.05, 0) is 0 Å². The van der Waals surface area contributed by atoms with E-state index in [1.807, 2.05) is 0 Å². The van der Waals surface area contributed by atoms with E-state index in [-0.39, 0.29) is 0 Å². The zero-order valence-corrected chi connectivity index (χ0v) is 12.1. The molecular weight excluding hydrogens is 427 g/mol. The number of alkyl halides is 6. The number of halogens is 6. The third-order valence-corrected chi connectivity index (χ3v) is 3.80. The van der Waals surface area contributed by atoms with Crippen molar-refractivity contribution in [3.05, 3.63) is 0 Å². The van der Waals surface area contributed by atoms with E-state index in [2.05, 4.69) is 5.29 Å². The molecule has 0 spiro atoms. The standard InChI is InChI=1S/2C2HF3O2.Hg/c2*3-2(4,5)1(6)7;/h2*(H,6,7);/q;;+2/p-2. The van der Waals surface area contributed by atoms with Crippen LogP contribution >= 0.6 is 0 Å². The Morgan fingerprint density at radius 1 is 0.800 bits per heavy atom. The van der Waals surface area contributed by atoms with Crippen LogP contribution < -0.4 is 0 Å². The van der Waals surface area contributed by atoms with Gasteiger partial charge in [0, 0.05) is 0 Å². The van der Waals surface area contributed by atoms with E-state index in [4.69, 9.17) is 0 Å². The molecule has 0 aromatic rings. The fourth-order valence-electron chi connectivity index (χ4n) is 0.300. The summed E-state index contributed by atoms with van der Waals surface area (Å²) < 4.78 is 75.2. The Kier molecular flexibility index (Phi) is 4.81. The van der Waals surface area contributed by atoms with Crippen LogP contribution in [-0.2, 0) is 40.4 Å². The van der Waals surface area contributed by atoms with Crippen molar-refractivity contribution in [3.63, 3.8) is 0 Å². The van der Waals surface area contributed by atoms with E-state index in [9.17, 15) is 35.9 Å². The fourth-order valence-corrected chi connectivity index (χ4v) is 2.63. The van der Waals surface area contributed by atoms with Gasteiger partial charge in [-0.1, -0.05) is 0 Å². The normalized spacial score (nSPS) is 11.6. The topological polar surface area (TPSA) is 52.6 Å². The molecule has 0 unspecified atom stereocenters. The average molecular weight is 427 g/mol. The van der Waals surface area contributed by atoms with E-state index in [0.29, 0.717) is 0 Å². The summed E-state index contributed by atoms with van der Waals surface area (Å²) in [7, 11) is 0. The first kappa shape index (κ1) is 14.5. The van der Waals surface area contributed by atoms with Crippen molar-refractivity contribution in [2.45, 2.75) is 12.4 Å². The molecule has 0 saturated carbocycles. The molecular formula is C4F6HgO4. The van der Waals surface area contributed by atoms with E-state index >= 15 is 0 Å². The zero-order chi connectivity index (χ0) is 12.3. The Balaban J connectivity index is 3.92. The van der Waals surface area contributed by atoms with Crippen molar-refractivity contribution in [1.82, 2.24) is 0 Å². The zero-order valence-electron chi connectivity index (χ0n) is 6.61. The second kappa shape index (κ2) is 4.99. The Hall–Kier alpha value is -0.545. The first-order valence-corrected chi connectivity index (χ1v) is 7.52. The summed E-state index contributed by atoms with van der Waals surface area (Å²) in [6.07, 6.45) is -10.6. The molecule has 0 N–H and O–H groups in total. The molecule has 0 atom stereocenters. The van der Waals surface area contributed by atoms with Gasteiger partial charge in [0.05, 0.1) is 0 Å². The molecule has 0 amide bonds. The van der Waals surface area contributed by atoms with Gasteiger partial charge in [0.15, 0.2) is 0 Å². The SMILES string of the molecule is O=C([O][Hg][O]C(=O)C(F)(F)F)C(F)(F)F. The van der Waals surface area contributed by atoms with Crippen LogP contribution in [0, 0.1) is 0 Å². The third kappa shape index (κ3) is 5.79. The molecule has 4 nitrogen and oxygen atoms in total. The van der Waals surface area contributed by atoms with E-state index in [0.717, 1.165) is 0 Å². The van der Waals surface area contributed by atoms with Crippen LogP contribution in [0.25, 0.3) is 0 Å². The van der Waals surface area contributed by atoms with Crippen LogP contribution in [-0.4, -0.2) is 24.3 Å². The minimum absolute atomic E-state index is 2.65. The molecule has 0 aliphatic heterocycles. The number of hydrogen-bond donors (Lipinski definition) is 0. The molecule has 0 heterocycles. The summed E-state index contributed by atoms with van der Waals surface area (Å²) in [5.41, 5.74) is 0. The molecule has 0 aliphatic rings. The number of carbonyl (C=O) groups is 2. The van der Waals surface area contributed by atoms with Crippen molar-refractivity contribution in [2.24, 2.45) is 0 Å². The molecule has 0 bridgehead atoms. The van der Waals surface area contributed by atoms with Gasteiger partial charge in [0.25, 0.3) is 0 Å². The van der Waals surface area contributed by atoms with Gasteiger partial charge in [-0.3, -0.25) is 0 Å². The summed E-state index contributed by atoms with van der Waals surface area (Å²) >= 11 is -3.72. The monoisotopic (exact) mass is 428 g/mol. The predicted molar refractivity (Wildman–Crippen MR) is 24.3 cm³/mol. The van der Waals surface area contributed by atoms with Gasteiger partial charge >= 0.3 is 91.0 Å². The molecule has 11 heteroatoms. The van der Waals surface area contributed by atoms with Crippen LogP contribution in [0.4, 0.5) is 26.3 Å². The first-order valence-electron chi connectivity index (χ1n) is 3.03.